The van der Waals surface area contributed by atoms with Crippen molar-refractivity contribution in [1.29, 1.82) is 0 Å². The minimum Gasteiger partial charge on any atom is -0.497 e. The average molecular weight is 597 g/mol. The van der Waals surface area contributed by atoms with Crippen molar-refractivity contribution in [2.75, 3.05) is 58.8 Å². The number of hydrogen-bond acceptors (Lipinski definition) is 8. The Morgan fingerprint density at radius 1 is 1.17 bits per heavy atom. The van der Waals surface area contributed by atoms with Crippen molar-refractivity contribution in [1.82, 2.24) is 24.3 Å². The first-order valence-electron chi connectivity index (χ1n) is 14.2. The summed E-state index contributed by atoms with van der Waals surface area (Å²) in [5.41, 5.74) is 0.938. The van der Waals surface area contributed by atoms with Gasteiger partial charge in [-0.05, 0) is 29.5 Å². The lowest BCUT2D eigenvalue weighted by atomic mass is 9.91. The Morgan fingerprint density at radius 2 is 1.88 bits per heavy atom. The van der Waals surface area contributed by atoms with Crippen LogP contribution in [0.1, 0.15) is 27.7 Å². The van der Waals surface area contributed by atoms with Gasteiger partial charge in [-0.25, -0.2) is 4.98 Å². The molecule has 1 aromatic carbocycles. The van der Waals surface area contributed by atoms with Crippen LogP contribution in [0.2, 0.25) is 5.02 Å². The number of piperazine rings is 1. The van der Waals surface area contributed by atoms with Crippen LogP contribution < -0.4 is 20.3 Å². The molecule has 1 aliphatic heterocycles. The highest BCUT2D eigenvalue weighted by molar-refractivity contribution is 6.35. The lowest BCUT2D eigenvalue weighted by Gasteiger charge is -2.39. The van der Waals surface area contributed by atoms with Crippen LogP contribution in [0.15, 0.2) is 41.8 Å². The minimum absolute atomic E-state index is 0.0438. The lowest BCUT2D eigenvalue weighted by Crippen LogP contribution is -2.51. The van der Waals surface area contributed by atoms with E-state index in [1.54, 1.807) is 43.1 Å². The highest BCUT2D eigenvalue weighted by atomic mass is 35.5. The third kappa shape index (κ3) is 7.04. The van der Waals surface area contributed by atoms with Gasteiger partial charge in [0.05, 0.1) is 18.7 Å². The summed E-state index contributed by atoms with van der Waals surface area (Å²) in [6.07, 6.45) is 3.07. The van der Waals surface area contributed by atoms with Gasteiger partial charge in [-0.1, -0.05) is 45.9 Å². The molecule has 0 bridgehead atoms. The van der Waals surface area contributed by atoms with Gasteiger partial charge in [0.25, 0.3) is 5.56 Å². The van der Waals surface area contributed by atoms with E-state index in [-0.39, 0.29) is 16.9 Å². The molecule has 0 atom stereocenters. The molecule has 0 saturated carbocycles. The number of fused-ring (bicyclic) bond motifs is 1. The van der Waals surface area contributed by atoms with E-state index in [1.807, 2.05) is 4.90 Å². The number of anilines is 1. The first kappa shape index (κ1) is 31.3. The summed E-state index contributed by atoms with van der Waals surface area (Å²) in [6, 6.07) is 5.28. The van der Waals surface area contributed by atoms with Crippen LogP contribution in [0.25, 0.3) is 22.2 Å². The Bertz CT molecular complexity index is 1510. The Kier molecular flexibility index (Phi) is 9.78. The Balaban J connectivity index is 1.76. The summed E-state index contributed by atoms with van der Waals surface area (Å²) in [4.78, 5) is 39.5. The molecule has 4 rings (SSSR count). The van der Waals surface area contributed by atoms with Crippen molar-refractivity contribution >= 4 is 34.5 Å². The summed E-state index contributed by atoms with van der Waals surface area (Å²) >= 11 is 6.87. The van der Waals surface area contributed by atoms with Gasteiger partial charge in [0.2, 0.25) is 11.9 Å². The molecule has 1 fully saturated rings. The van der Waals surface area contributed by atoms with Gasteiger partial charge < -0.3 is 19.7 Å². The smallest absolute Gasteiger partial charge is 0.260 e. The van der Waals surface area contributed by atoms with Gasteiger partial charge in [0, 0.05) is 75.1 Å². The number of amides is 1. The number of benzene rings is 1. The Hall–Kier alpha value is -3.63. The van der Waals surface area contributed by atoms with E-state index in [0.717, 1.165) is 19.6 Å². The van der Waals surface area contributed by atoms with Gasteiger partial charge in [0.1, 0.15) is 17.1 Å². The number of nitrogens with zero attached hydrogens (tertiary/aromatic N) is 5. The number of rotatable bonds is 11. The first-order chi connectivity index (χ1) is 20.0. The highest BCUT2D eigenvalue weighted by Crippen LogP contribution is 2.39. The summed E-state index contributed by atoms with van der Waals surface area (Å²) < 4.78 is 13.3. The monoisotopic (exact) mass is 596 g/mol. The van der Waals surface area contributed by atoms with Gasteiger partial charge in [-0.2, -0.15) is 4.98 Å². The number of halogens is 1. The zero-order chi connectivity index (χ0) is 30.6. The Labute approximate surface area is 252 Å². The molecule has 2 aromatic heterocycles. The minimum atomic E-state index is -0.311. The van der Waals surface area contributed by atoms with Crippen LogP contribution in [0.5, 0.6) is 11.5 Å². The number of hydrogen-bond donors (Lipinski definition) is 1. The van der Waals surface area contributed by atoms with Crippen LogP contribution in [0, 0.1) is 11.3 Å². The van der Waals surface area contributed by atoms with Crippen LogP contribution in [-0.4, -0.2) is 83.7 Å². The predicted octanol–water partition coefficient (Wildman–Crippen LogP) is 4.55. The number of methoxy groups -OCH3 is 1. The summed E-state index contributed by atoms with van der Waals surface area (Å²) in [5.74, 6) is 1.67. The maximum absolute atomic E-state index is 14.3. The molecule has 0 unspecified atom stereocenters. The third-order valence-corrected chi connectivity index (χ3v) is 7.65. The van der Waals surface area contributed by atoms with Gasteiger partial charge in [-0.15, -0.1) is 0 Å². The fraction of sp³-hybridized carbons (Fsp3) is 0.484. The molecule has 0 aliphatic carbocycles. The molecule has 10 nitrogen and oxygen atoms in total. The molecule has 1 amide bonds. The molecule has 1 aliphatic rings. The second-order valence-corrected chi connectivity index (χ2v) is 12.2. The fourth-order valence-corrected chi connectivity index (χ4v) is 5.47. The van der Waals surface area contributed by atoms with Gasteiger partial charge in [-0.3, -0.25) is 19.1 Å². The molecular formula is C31H41ClN6O4. The number of carbonyl (C=O) groups excluding carboxylic acids is 1. The number of carbonyl (C=O) groups is 1. The predicted molar refractivity (Wildman–Crippen MR) is 168 cm³/mol. The standard InChI is InChI=1S/C31H41ClN6O4/c1-8-26(39)37-11-9-36(10-12-37)18-31(4,5)19-38-28-21(16-34-30(33-6)35-28)13-24(29(38)40)23-14-22(41-7)15-25(27(23)32)42-17-20(2)3/h8,13-16,20H,1,9-12,17-19H2,2-7H3,(H,33,34,35). The molecular weight excluding hydrogens is 556 g/mol. The van der Waals surface area contributed by atoms with E-state index in [9.17, 15) is 9.59 Å². The first-order valence-corrected chi connectivity index (χ1v) is 14.6. The average Bonchev–Trinajstić information content (AvgIpc) is 2.97. The van der Waals surface area contributed by atoms with E-state index >= 15 is 0 Å². The number of pyridine rings is 1. The second kappa shape index (κ2) is 13.1. The van der Waals surface area contributed by atoms with E-state index in [4.69, 9.17) is 21.1 Å². The molecule has 3 aromatic rings. The summed E-state index contributed by atoms with van der Waals surface area (Å²) in [5, 5.41) is 4.03. The molecule has 226 valence electrons. The zero-order valence-electron chi connectivity index (χ0n) is 25.4. The largest absolute Gasteiger partial charge is 0.497 e. The van der Waals surface area contributed by atoms with Gasteiger partial charge >= 0.3 is 0 Å². The molecule has 0 spiro atoms. The second-order valence-electron chi connectivity index (χ2n) is 11.8. The van der Waals surface area contributed by atoms with E-state index in [0.29, 0.717) is 76.8 Å². The topological polar surface area (TPSA) is 102 Å². The number of nitrogens with one attached hydrogen (secondary N) is 1. The van der Waals surface area contributed by atoms with Crippen LogP contribution in [0.3, 0.4) is 0 Å². The lowest BCUT2D eigenvalue weighted by molar-refractivity contribution is -0.127. The summed E-state index contributed by atoms with van der Waals surface area (Å²) in [7, 11) is 3.31. The quantitative estimate of drug-likeness (QED) is 0.322. The third-order valence-electron chi connectivity index (χ3n) is 7.26. The molecule has 11 heteroatoms. The molecule has 1 saturated heterocycles. The van der Waals surface area contributed by atoms with Crippen molar-refractivity contribution in [2.45, 2.75) is 34.2 Å². The van der Waals surface area contributed by atoms with Crippen molar-refractivity contribution < 1.29 is 14.3 Å². The van der Waals surface area contributed by atoms with Crippen LogP contribution >= 0.6 is 11.6 Å². The molecule has 42 heavy (non-hydrogen) atoms. The van der Waals surface area contributed by atoms with Crippen molar-refractivity contribution in [3.05, 3.63) is 52.4 Å². The number of ether oxygens (including phenoxy) is 2. The van der Waals surface area contributed by atoms with Crippen LogP contribution in [-0.2, 0) is 11.3 Å². The SMILES string of the molecule is C=CC(=O)N1CCN(CC(C)(C)Cn2c(=O)c(-c3cc(OC)cc(OCC(C)C)c3Cl)cc3cnc(NC)nc32)CC1. The van der Waals surface area contributed by atoms with Crippen molar-refractivity contribution in [3.8, 4) is 22.6 Å². The summed E-state index contributed by atoms with van der Waals surface area (Å²) in [6.45, 7) is 16.4. The normalized spacial score (nSPS) is 14.3. The van der Waals surface area contributed by atoms with Crippen LogP contribution in [0.4, 0.5) is 5.95 Å². The zero-order valence-corrected chi connectivity index (χ0v) is 26.1. The Morgan fingerprint density at radius 3 is 2.50 bits per heavy atom. The van der Waals surface area contributed by atoms with Crippen molar-refractivity contribution in [2.24, 2.45) is 11.3 Å². The fourth-order valence-electron chi connectivity index (χ4n) is 5.21. The van der Waals surface area contributed by atoms with Gasteiger partial charge in [0.15, 0.2) is 0 Å². The van der Waals surface area contributed by atoms with E-state index in [2.05, 4.69) is 54.5 Å². The molecule has 3 heterocycles. The van der Waals surface area contributed by atoms with Crippen molar-refractivity contribution in [3.63, 3.8) is 0 Å². The maximum Gasteiger partial charge on any atom is 0.260 e. The van der Waals surface area contributed by atoms with E-state index < -0.39 is 0 Å². The molecule has 0 radical (unpaired) electrons. The van der Waals surface area contributed by atoms with E-state index in [1.165, 1.54) is 6.08 Å². The maximum atomic E-state index is 14.3. The molecule has 1 N–H and O–H groups in total. The number of aromatic nitrogens is 3. The highest BCUT2D eigenvalue weighted by Gasteiger charge is 2.28.